The molecular formula is C21H26F3N5O3. The number of aromatic nitrogens is 2. The smallest absolute Gasteiger partial charge is 0.446 e. The van der Waals surface area contributed by atoms with Crippen LogP contribution in [0.5, 0.6) is 0 Å². The number of hydrogen-bond acceptors (Lipinski definition) is 6. The van der Waals surface area contributed by atoms with Crippen LogP contribution in [0.25, 0.3) is 0 Å². The molecule has 2 amide bonds. The van der Waals surface area contributed by atoms with Gasteiger partial charge in [-0.2, -0.15) is 13.2 Å². The number of nitrogens with two attached hydrogens (primary N) is 1. The minimum Gasteiger partial charge on any atom is -0.446 e. The van der Waals surface area contributed by atoms with E-state index >= 15 is 0 Å². The normalized spacial score (nSPS) is 35.7. The average molecular weight is 453 g/mol. The lowest BCUT2D eigenvalue weighted by atomic mass is 9.48. The maximum absolute atomic E-state index is 12.8. The van der Waals surface area contributed by atoms with Crippen LogP contribution in [-0.4, -0.2) is 52.1 Å². The molecule has 2 heterocycles. The van der Waals surface area contributed by atoms with Crippen molar-refractivity contribution < 1.29 is 27.5 Å². The monoisotopic (exact) mass is 453 g/mol. The van der Waals surface area contributed by atoms with Gasteiger partial charge in [-0.15, -0.1) is 0 Å². The van der Waals surface area contributed by atoms with Gasteiger partial charge in [0.1, 0.15) is 11.9 Å². The predicted molar refractivity (Wildman–Crippen MR) is 106 cm³/mol. The largest absolute Gasteiger partial charge is 0.451 e. The van der Waals surface area contributed by atoms with Gasteiger partial charge >= 0.3 is 12.3 Å². The number of nitrogens with one attached hydrogen (secondary N) is 1. The summed E-state index contributed by atoms with van der Waals surface area (Å²) in [6, 6.07) is 1.15. The first kappa shape index (κ1) is 21.3. The maximum atomic E-state index is 12.8. The highest BCUT2D eigenvalue weighted by Crippen LogP contribution is 2.60. The molecule has 6 rings (SSSR count). The Morgan fingerprint density at radius 1 is 1.22 bits per heavy atom. The van der Waals surface area contributed by atoms with E-state index in [-0.39, 0.29) is 35.7 Å². The van der Waals surface area contributed by atoms with Crippen molar-refractivity contribution >= 4 is 17.8 Å². The molecule has 4 aliphatic carbocycles. The number of amides is 2. The van der Waals surface area contributed by atoms with Crippen molar-refractivity contribution in [3.05, 3.63) is 18.1 Å². The lowest BCUT2D eigenvalue weighted by molar-refractivity contribution is -0.161. The van der Waals surface area contributed by atoms with Gasteiger partial charge < -0.3 is 20.7 Å². The van der Waals surface area contributed by atoms with Crippen LogP contribution in [0, 0.1) is 23.2 Å². The van der Waals surface area contributed by atoms with E-state index in [0.29, 0.717) is 38.3 Å². The van der Waals surface area contributed by atoms with Gasteiger partial charge in [0, 0.05) is 25.3 Å². The van der Waals surface area contributed by atoms with Crippen molar-refractivity contribution in [1.82, 2.24) is 14.9 Å². The number of alkyl halides is 3. The van der Waals surface area contributed by atoms with Crippen LogP contribution in [0.3, 0.4) is 0 Å². The van der Waals surface area contributed by atoms with E-state index in [1.54, 1.807) is 4.90 Å². The van der Waals surface area contributed by atoms with Crippen molar-refractivity contribution in [3.63, 3.8) is 0 Å². The second-order valence-electron chi connectivity index (χ2n) is 9.80. The van der Waals surface area contributed by atoms with Crippen molar-refractivity contribution in [1.29, 1.82) is 0 Å². The summed E-state index contributed by atoms with van der Waals surface area (Å²) in [7, 11) is 0. The van der Waals surface area contributed by atoms with Crippen LogP contribution in [0.15, 0.2) is 12.3 Å². The van der Waals surface area contributed by atoms with E-state index in [4.69, 9.17) is 10.5 Å². The molecule has 0 spiro atoms. The Labute approximate surface area is 183 Å². The summed E-state index contributed by atoms with van der Waals surface area (Å²) in [5.74, 6) is -0.553. The fraction of sp³-hybridized carbons (Fsp3) is 0.714. The fourth-order valence-corrected chi connectivity index (χ4v) is 6.49. The molecule has 5 aliphatic rings. The number of nitrogens with zero attached hydrogens (tertiary/aromatic N) is 3. The quantitative estimate of drug-likeness (QED) is 0.726. The number of ether oxygens (including phenoxy) is 1. The van der Waals surface area contributed by atoms with Gasteiger partial charge in [0.05, 0.1) is 5.41 Å². The molecule has 0 radical (unpaired) electrons. The van der Waals surface area contributed by atoms with Crippen molar-refractivity contribution in [3.8, 4) is 0 Å². The molecule has 3 N–H and O–H groups in total. The fourth-order valence-electron chi connectivity index (χ4n) is 6.49. The summed E-state index contributed by atoms with van der Waals surface area (Å²) in [4.78, 5) is 33.3. The molecule has 5 fully saturated rings. The third kappa shape index (κ3) is 3.75. The van der Waals surface area contributed by atoms with E-state index in [1.165, 1.54) is 6.07 Å². The second-order valence-corrected chi connectivity index (χ2v) is 9.80. The van der Waals surface area contributed by atoms with Crippen LogP contribution in [0.2, 0.25) is 0 Å². The lowest BCUT2D eigenvalue weighted by Crippen LogP contribution is -2.59. The topological polar surface area (TPSA) is 110 Å². The highest BCUT2D eigenvalue weighted by atomic mass is 19.4. The molecule has 4 saturated carbocycles. The third-order valence-electron chi connectivity index (χ3n) is 7.65. The van der Waals surface area contributed by atoms with E-state index < -0.39 is 23.5 Å². The van der Waals surface area contributed by atoms with Gasteiger partial charge in [-0.05, 0) is 62.3 Å². The molecule has 32 heavy (non-hydrogen) atoms. The molecule has 0 aromatic carbocycles. The van der Waals surface area contributed by atoms with Gasteiger partial charge in [0.25, 0.3) is 0 Å². The van der Waals surface area contributed by atoms with Gasteiger partial charge in [0.15, 0.2) is 0 Å². The Morgan fingerprint density at radius 3 is 2.59 bits per heavy atom. The number of carbonyl (C=O) groups excluding carboxylic acids is 2. The molecule has 1 aromatic heterocycles. The van der Waals surface area contributed by atoms with E-state index in [9.17, 15) is 22.8 Å². The Balaban J connectivity index is 1.18. The predicted octanol–water partition coefficient (Wildman–Crippen LogP) is 2.80. The van der Waals surface area contributed by atoms with E-state index in [0.717, 1.165) is 25.5 Å². The molecule has 1 aliphatic heterocycles. The summed E-state index contributed by atoms with van der Waals surface area (Å²) in [6.07, 6.45) is 0.567. The number of halogens is 3. The van der Waals surface area contributed by atoms with Crippen LogP contribution in [0.4, 0.5) is 23.8 Å². The zero-order chi connectivity index (χ0) is 22.7. The standard InChI is InChI=1S/C21H26F3N5O3/c22-21(23,24)18-26-3-1-15(28-18)27-14-2-4-29(10-14)19(31)32-16-12-5-11-6-13(16)9-20(7-11,8-12)17(25)30/h1,3,11-14,16H,2,4-10H2,(H2,25,30)(H,26,27,28)/t11?,12-,13?,14+,16?,20?/m0/s1. The van der Waals surface area contributed by atoms with Crippen molar-refractivity contribution in [2.45, 2.75) is 56.8 Å². The molecule has 4 bridgehead atoms. The SMILES string of the molecule is NC(=O)C12CC3CC(C1)C(OC(=O)N1CC[C@@H](Nc4ccnc(C(F)(F)F)n4)C1)[C@@H](C3)C2. The zero-order valence-corrected chi connectivity index (χ0v) is 17.5. The zero-order valence-electron chi connectivity index (χ0n) is 17.5. The number of hydrogen-bond donors (Lipinski definition) is 2. The van der Waals surface area contributed by atoms with Crippen molar-refractivity contribution in [2.75, 3.05) is 18.4 Å². The summed E-state index contributed by atoms with van der Waals surface area (Å²) < 4.78 is 44.4. The number of likely N-dealkylation sites (tertiary alicyclic amines) is 1. The van der Waals surface area contributed by atoms with E-state index in [1.807, 2.05) is 0 Å². The first-order valence-corrected chi connectivity index (χ1v) is 11.1. The lowest BCUT2D eigenvalue weighted by Gasteiger charge is -2.58. The molecule has 174 valence electrons. The molecular weight excluding hydrogens is 427 g/mol. The second kappa shape index (κ2) is 7.48. The molecule has 1 saturated heterocycles. The maximum Gasteiger partial charge on any atom is 0.451 e. The Kier molecular flexibility index (Phi) is 4.97. The number of primary amides is 1. The van der Waals surface area contributed by atoms with Gasteiger partial charge in [-0.3, -0.25) is 4.79 Å². The third-order valence-corrected chi connectivity index (χ3v) is 7.65. The molecule has 8 nitrogen and oxygen atoms in total. The molecule has 11 heteroatoms. The Hall–Kier alpha value is -2.59. The number of rotatable bonds is 4. The number of anilines is 1. The highest BCUT2D eigenvalue weighted by molar-refractivity contribution is 5.81. The molecule has 1 aromatic rings. The molecule has 6 atom stereocenters. The Morgan fingerprint density at radius 2 is 1.94 bits per heavy atom. The summed E-state index contributed by atoms with van der Waals surface area (Å²) in [6.45, 7) is 0.768. The van der Waals surface area contributed by atoms with Crippen LogP contribution in [0.1, 0.15) is 44.3 Å². The minimum atomic E-state index is -4.62. The Bertz CT molecular complexity index is 910. The minimum absolute atomic E-state index is 0.0744. The van der Waals surface area contributed by atoms with Crippen LogP contribution in [-0.2, 0) is 15.7 Å². The van der Waals surface area contributed by atoms with Crippen LogP contribution >= 0.6 is 0 Å². The highest BCUT2D eigenvalue weighted by Gasteiger charge is 2.59. The molecule has 4 unspecified atom stereocenters. The number of carbonyl (C=O) groups is 2. The summed E-state index contributed by atoms with van der Waals surface area (Å²) in [5, 5.41) is 2.96. The van der Waals surface area contributed by atoms with E-state index in [2.05, 4.69) is 15.3 Å². The summed E-state index contributed by atoms with van der Waals surface area (Å²) >= 11 is 0. The summed E-state index contributed by atoms with van der Waals surface area (Å²) in [5.41, 5.74) is 5.28. The van der Waals surface area contributed by atoms with Gasteiger partial charge in [-0.1, -0.05) is 0 Å². The first-order valence-electron chi connectivity index (χ1n) is 11.1. The first-order chi connectivity index (χ1) is 15.1. The van der Waals surface area contributed by atoms with Crippen LogP contribution < -0.4 is 11.1 Å². The van der Waals surface area contributed by atoms with Crippen molar-refractivity contribution in [2.24, 2.45) is 28.9 Å². The average Bonchev–Trinajstić information content (AvgIpc) is 3.18. The van der Waals surface area contributed by atoms with Gasteiger partial charge in [-0.25, -0.2) is 14.8 Å². The van der Waals surface area contributed by atoms with Gasteiger partial charge in [0.2, 0.25) is 11.7 Å².